The number of ether oxygens (including phenoxy) is 3. The Morgan fingerprint density at radius 3 is 0.944 bits per heavy atom. The summed E-state index contributed by atoms with van der Waals surface area (Å²) in [6.07, 6.45) is 85.1. The van der Waals surface area contributed by atoms with E-state index in [1.807, 2.05) is 12.2 Å². The van der Waals surface area contributed by atoms with Gasteiger partial charge in [0.05, 0.1) is 0 Å². The lowest BCUT2D eigenvalue weighted by Crippen LogP contribution is -2.30. The van der Waals surface area contributed by atoms with Crippen LogP contribution in [0.3, 0.4) is 0 Å². The van der Waals surface area contributed by atoms with Gasteiger partial charge in [0.1, 0.15) is 13.2 Å². The first-order chi connectivity index (χ1) is 35.0. The van der Waals surface area contributed by atoms with E-state index in [4.69, 9.17) is 14.2 Å². The summed E-state index contributed by atoms with van der Waals surface area (Å²) in [5.41, 5.74) is 0. The molecule has 0 rings (SSSR count). The van der Waals surface area contributed by atoms with Crippen molar-refractivity contribution in [1.82, 2.24) is 0 Å². The molecule has 0 heterocycles. The van der Waals surface area contributed by atoms with E-state index in [1.54, 1.807) is 0 Å². The minimum absolute atomic E-state index is 0.159. The van der Waals surface area contributed by atoms with E-state index in [2.05, 4.69) is 179 Å². The van der Waals surface area contributed by atoms with Crippen LogP contribution in [0, 0.1) is 0 Å². The van der Waals surface area contributed by atoms with Gasteiger partial charge in [-0.05, 0) is 128 Å². The Kier molecular flexibility index (Phi) is 53.1. The fourth-order valence-corrected chi connectivity index (χ4v) is 6.64. The van der Waals surface area contributed by atoms with Crippen LogP contribution >= 0.6 is 0 Å². The topological polar surface area (TPSA) is 78.9 Å². The van der Waals surface area contributed by atoms with Gasteiger partial charge in [-0.2, -0.15) is 0 Å². The highest BCUT2D eigenvalue weighted by Gasteiger charge is 2.19. The minimum atomic E-state index is -0.868. The maximum absolute atomic E-state index is 12.8. The highest BCUT2D eigenvalue weighted by molar-refractivity contribution is 5.71. The van der Waals surface area contributed by atoms with E-state index in [-0.39, 0.29) is 38.4 Å². The lowest BCUT2D eigenvalue weighted by atomic mass is 10.1. The third kappa shape index (κ3) is 55.6. The van der Waals surface area contributed by atoms with Gasteiger partial charge in [-0.3, -0.25) is 14.4 Å². The smallest absolute Gasteiger partial charge is 0.306 e. The van der Waals surface area contributed by atoms with E-state index in [1.165, 1.54) is 44.9 Å². The van der Waals surface area contributed by atoms with Crippen molar-refractivity contribution in [3.05, 3.63) is 170 Å². The third-order valence-corrected chi connectivity index (χ3v) is 10.7. The van der Waals surface area contributed by atoms with E-state index in [0.717, 1.165) is 96.3 Å². The Bertz CT molecular complexity index is 1690. The number of rotatable bonds is 47. The lowest BCUT2D eigenvalue weighted by Gasteiger charge is -2.18. The van der Waals surface area contributed by atoms with Gasteiger partial charge in [-0.15, -0.1) is 0 Å². The predicted molar refractivity (Wildman–Crippen MR) is 306 cm³/mol. The molecule has 0 aliphatic rings. The molecule has 0 radical (unpaired) electrons. The third-order valence-electron chi connectivity index (χ3n) is 10.7. The Morgan fingerprint density at radius 1 is 0.296 bits per heavy atom. The zero-order valence-corrected chi connectivity index (χ0v) is 44.9. The summed E-state index contributed by atoms with van der Waals surface area (Å²) >= 11 is 0. The minimum Gasteiger partial charge on any atom is -0.462 e. The summed E-state index contributed by atoms with van der Waals surface area (Å²) < 4.78 is 16.7. The van der Waals surface area contributed by atoms with Gasteiger partial charge < -0.3 is 14.2 Å². The van der Waals surface area contributed by atoms with Crippen molar-refractivity contribution in [2.45, 2.75) is 207 Å². The van der Waals surface area contributed by atoms with Crippen LogP contribution < -0.4 is 0 Å². The molecule has 0 aromatic carbocycles. The molecule has 6 heteroatoms. The molecule has 0 spiro atoms. The molecule has 0 unspecified atom stereocenters. The van der Waals surface area contributed by atoms with Crippen LogP contribution in [0.2, 0.25) is 0 Å². The second-order valence-corrected chi connectivity index (χ2v) is 17.4. The zero-order valence-electron chi connectivity index (χ0n) is 44.9. The van der Waals surface area contributed by atoms with Crippen molar-refractivity contribution in [2.24, 2.45) is 0 Å². The largest absolute Gasteiger partial charge is 0.462 e. The summed E-state index contributed by atoms with van der Waals surface area (Å²) in [6, 6.07) is 0. The molecular formula is C65H98O6. The van der Waals surface area contributed by atoms with Crippen molar-refractivity contribution in [1.29, 1.82) is 0 Å². The molecule has 71 heavy (non-hydrogen) atoms. The molecule has 0 fully saturated rings. The highest BCUT2D eigenvalue weighted by Crippen LogP contribution is 2.10. The summed E-state index contributed by atoms with van der Waals surface area (Å²) in [4.78, 5) is 38.1. The number of carbonyl (C=O) groups is 3. The van der Waals surface area contributed by atoms with Gasteiger partial charge in [0, 0.05) is 19.3 Å². The van der Waals surface area contributed by atoms with Crippen molar-refractivity contribution >= 4 is 17.9 Å². The van der Waals surface area contributed by atoms with Crippen LogP contribution in [-0.2, 0) is 28.6 Å². The fourth-order valence-electron chi connectivity index (χ4n) is 6.64. The molecular weight excluding hydrogens is 877 g/mol. The molecule has 0 aromatic heterocycles. The van der Waals surface area contributed by atoms with Gasteiger partial charge in [0.2, 0.25) is 0 Å². The molecule has 1 atom stereocenters. The quantitative estimate of drug-likeness (QED) is 0.0262. The van der Waals surface area contributed by atoms with Crippen LogP contribution in [-0.4, -0.2) is 37.2 Å². The van der Waals surface area contributed by atoms with Crippen molar-refractivity contribution in [3.63, 3.8) is 0 Å². The molecule has 0 aliphatic heterocycles. The first-order valence-electron chi connectivity index (χ1n) is 27.6. The van der Waals surface area contributed by atoms with E-state index in [9.17, 15) is 14.4 Å². The maximum Gasteiger partial charge on any atom is 0.306 e. The first-order valence-corrected chi connectivity index (χ1v) is 27.6. The summed E-state index contributed by atoms with van der Waals surface area (Å²) in [5.74, 6) is -1.16. The first kappa shape index (κ1) is 65.8. The standard InChI is InChI=1S/C65H98O6/c1-4-7-10-13-16-19-22-25-28-31-32-35-37-40-43-46-49-52-55-58-64(67)70-61-62(71-65(68)59-56-53-50-47-44-41-38-34-30-27-24-21-18-15-12-9-6-3)60-69-63(66)57-54-51-48-45-42-39-36-33-29-26-23-20-17-14-11-8-5-2/h7,9-10,12,16,18-19,21,25-30,32,35-36,38-41,43,45,47-50,52,62H,4-6,8,11,13-15,17,20,22-24,31,33-34,37,42,44,46,51,53-61H2,1-3H3/b10-7-,12-9-,19-16-,21-18-,28-25-,29-26-,30-27-,35-32-,39-36-,41-38-,43-40-,48-45-,50-47-,52-49-/t62-/m0/s1. The fraction of sp³-hybridized carbons (Fsp3) is 0.523. The molecule has 6 nitrogen and oxygen atoms in total. The number of carbonyl (C=O) groups excluding carboxylic acids is 3. The number of hydrogen-bond acceptors (Lipinski definition) is 6. The molecule has 0 bridgehead atoms. The van der Waals surface area contributed by atoms with Crippen LogP contribution in [0.15, 0.2) is 170 Å². The average Bonchev–Trinajstić information content (AvgIpc) is 3.37. The number of allylic oxidation sites excluding steroid dienone is 28. The Hall–Kier alpha value is -5.23. The van der Waals surface area contributed by atoms with Gasteiger partial charge in [-0.1, -0.05) is 223 Å². The lowest BCUT2D eigenvalue weighted by molar-refractivity contribution is -0.166. The van der Waals surface area contributed by atoms with Crippen molar-refractivity contribution in [3.8, 4) is 0 Å². The molecule has 0 aromatic rings. The molecule has 0 saturated heterocycles. The van der Waals surface area contributed by atoms with Gasteiger partial charge in [0.15, 0.2) is 6.10 Å². The van der Waals surface area contributed by atoms with Crippen LogP contribution in [0.1, 0.15) is 201 Å². The van der Waals surface area contributed by atoms with E-state index < -0.39 is 18.0 Å². The van der Waals surface area contributed by atoms with Gasteiger partial charge in [0.25, 0.3) is 0 Å². The Labute approximate surface area is 434 Å². The average molecular weight is 975 g/mol. The summed E-state index contributed by atoms with van der Waals surface area (Å²) in [7, 11) is 0. The molecule has 0 N–H and O–H groups in total. The van der Waals surface area contributed by atoms with E-state index in [0.29, 0.717) is 19.3 Å². The van der Waals surface area contributed by atoms with Gasteiger partial charge >= 0.3 is 17.9 Å². The summed E-state index contributed by atoms with van der Waals surface area (Å²) in [6.45, 7) is 6.22. The maximum atomic E-state index is 12.8. The zero-order chi connectivity index (χ0) is 51.4. The summed E-state index contributed by atoms with van der Waals surface area (Å²) in [5, 5.41) is 0. The number of hydrogen-bond donors (Lipinski definition) is 0. The molecule has 0 saturated carbocycles. The Morgan fingerprint density at radius 2 is 0.577 bits per heavy atom. The second kappa shape index (κ2) is 57.3. The van der Waals surface area contributed by atoms with Crippen molar-refractivity contribution < 1.29 is 28.6 Å². The Balaban J connectivity index is 4.70. The molecule has 0 aliphatic carbocycles. The van der Waals surface area contributed by atoms with E-state index >= 15 is 0 Å². The predicted octanol–water partition coefficient (Wildman–Crippen LogP) is 18.8. The highest BCUT2D eigenvalue weighted by atomic mass is 16.6. The van der Waals surface area contributed by atoms with Crippen molar-refractivity contribution in [2.75, 3.05) is 13.2 Å². The number of unbranched alkanes of at least 4 members (excludes halogenated alkanes) is 8. The van der Waals surface area contributed by atoms with Crippen LogP contribution in [0.4, 0.5) is 0 Å². The van der Waals surface area contributed by atoms with Crippen LogP contribution in [0.25, 0.3) is 0 Å². The molecule has 394 valence electrons. The number of esters is 3. The van der Waals surface area contributed by atoms with Gasteiger partial charge in [-0.25, -0.2) is 0 Å². The normalized spacial score (nSPS) is 13.5. The monoisotopic (exact) mass is 975 g/mol. The van der Waals surface area contributed by atoms with Crippen LogP contribution in [0.5, 0.6) is 0 Å². The molecule has 0 amide bonds. The SMILES string of the molecule is CC/C=C\C/C=C\C/C=C\C/C=C\C/C=C\C/C=C\CCC(=O)OC[C@H](COC(=O)CCC/C=C\C/C=C\C/C=C\CCCCCCCC)OC(=O)CCC/C=C\C/C=C\C/C=C\C/C=C\C/C=C\CC. The second-order valence-electron chi connectivity index (χ2n) is 17.4.